The smallest absolute Gasteiger partial charge is 0.0537 e. The van der Waals surface area contributed by atoms with E-state index >= 15 is 0 Å². The van der Waals surface area contributed by atoms with Gasteiger partial charge in [-0.3, -0.25) is 0 Å². The monoisotopic (exact) mass is 218 g/mol. The molecule has 0 radical (unpaired) electrons. The van der Waals surface area contributed by atoms with E-state index in [1.165, 1.54) is 10.9 Å². The first-order valence-corrected chi connectivity index (χ1v) is 5.47. The fourth-order valence-electron chi connectivity index (χ4n) is 1.91. The SMILES string of the molecule is Cn1ccc2ccc(C(C)(CN)CO)cc21. The number of benzene rings is 1. The van der Waals surface area contributed by atoms with Crippen molar-refractivity contribution in [3.63, 3.8) is 0 Å². The second kappa shape index (κ2) is 3.92. The lowest BCUT2D eigenvalue weighted by Crippen LogP contribution is -2.35. The third kappa shape index (κ3) is 1.62. The van der Waals surface area contributed by atoms with E-state index in [2.05, 4.69) is 22.8 Å². The molecule has 2 rings (SSSR count). The van der Waals surface area contributed by atoms with Gasteiger partial charge in [-0.2, -0.15) is 0 Å². The predicted molar refractivity (Wildman–Crippen MR) is 66.4 cm³/mol. The third-order valence-corrected chi connectivity index (χ3v) is 3.38. The molecule has 0 aliphatic heterocycles. The summed E-state index contributed by atoms with van der Waals surface area (Å²) >= 11 is 0. The Morgan fingerprint density at radius 2 is 2.12 bits per heavy atom. The first-order valence-electron chi connectivity index (χ1n) is 5.47. The number of aliphatic hydroxyl groups is 1. The van der Waals surface area contributed by atoms with Crippen molar-refractivity contribution < 1.29 is 5.11 Å². The molecule has 0 aliphatic carbocycles. The molecule has 16 heavy (non-hydrogen) atoms. The lowest BCUT2D eigenvalue weighted by Gasteiger charge is -2.26. The Morgan fingerprint density at radius 3 is 2.75 bits per heavy atom. The summed E-state index contributed by atoms with van der Waals surface area (Å²) in [6.07, 6.45) is 2.03. The molecule has 86 valence electrons. The molecule has 0 fully saturated rings. The number of rotatable bonds is 3. The Hall–Kier alpha value is -1.32. The van der Waals surface area contributed by atoms with Crippen LogP contribution in [0.4, 0.5) is 0 Å². The normalized spacial score (nSPS) is 15.2. The number of fused-ring (bicyclic) bond motifs is 1. The zero-order valence-corrected chi connectivity index (χ0v) is 9.77. The summed E-state index contributed by atoms with van der Waals surface area (Å²) in [7, 11) is 2.02. The first kappa shape index (κ1) is 11.2. The molecule has 0 spiro atoms. The molecule has 0 saturated heterocycles. The predicted octanol–water partition coefficient (Wildman–Crippen LogP) is 1.39. The average Bonchev–Trinajstić information content (AvgIpc) is 2.70. The van der Waals surface area contributed by atoms with Crippen LogP contribution in [0.15, 0.2) is 30.5 Å². The van der Waals surface area contributed by atoms with E-state index < -0.39 is 0 Å². The van der Waals surface area contributed by atoms with Gasteiger partial charge in [-0.25, -0.2) is 0 Å². The molecule has 3 N–H and O–H groups in total. The average molecular weight is 218 g/mol. The number of hydrogen-bond acceptors (Lipinski definition) is 2. The molecule has 0 saturated carbocycles. The summed E-state index contributed by atoms with van der Waals surface area (Å²) in [6.45, 7) is 2.50. The van der Waals surface area contributed by atoms with Crippen LogP contribution < -0.4 is 5.73 Å². The van der Waals surface area contributed by atoms with Crippen molar-refractivity contribution in [3.8, 4) is 0 Å². The van der Waals surface area contributed by atoms with Crippen LogP contribution in [0.5, 0.6) is 0 Å². The minimum absolute atomic E-state index is 0.0689. The first-order chi connectivity index (χ1) is 7.60. The van der Waals surface area contributed by atoms with E-state index in [9.17, 15) is 5.11 Å². The van der Waals surface area contributed by atoms with E-state index in [-0.39, 0.29) is 12.0 Å². The Kier molecular flexibility index (Phi) is 2.74. The van der Waals surface area contributed by atoms with Gasteiger partial charge in [-0.1, -0.05) is 19.1 Å². The van der Waals surface area contributed by atoms with Crippen LogP contribution in [-0.2, 0) is 12.5 Å². The molecule has 0 aliphatic rings. The van der Waals surface area contributed by atoms with E-state index in [0.717, 1.165) is 5.56 Å². The van der Waals surface area contributed by atoms with Gasteiger partial charge in [-0.15, -0.1) is 0 Å². The van der Waals surface area contributed by atoms with Crippen molar-refractivity contribution in [2.75, 3.05) is 13.2 Å². The molecule has 0 bridgehead atoms. The van der Waals surface area contributed by atoms with E-state index in [4.69, 9.17) is 5.73 Å². The van der Waals surface area contributed by atoms with Gasteiger partial charge in [0, 0.05) is 30.7 Å². The van der Waals surface area contributed by atoms with Gasteiger partial charge in [-0.05, 0) is 23.1 Å². The fourth-order valence-corrected chi connectivity index (χ4v) is 1.91. The zero-order valence-electron chi connectivity index (χ0n) is 9.77. The van der Waals surface area contributed by atoms with Gasteiger partial charge < -0.3 is 15.4 Å². The standard InChI is InChI=1S/C13H18N2O/c1-13(8-14,9-16)11-4-3-10-5-6-15(2)12(10)7-11/h3-7,16H,8-9,14H2,1-2H3. The van der Waals surface area contributed by atoms with Crippen LogP contribution in [0.1, 0.15) is 12.5 Å². The number of aliphatic hydroxyl groups excluding tert-OH is 1. The maximum Gasteiger partial charge on any atom is 0.0537 e. The van der Waals surface area contributed by atoms with Gasteiger partial charge in [0.1, 0.15) is 0 Å². The molecule has 1 heterocycles. The summed E-state index contributed by atoms with van der Waals surface area (Å²) in [6, 6.07) is 8.32. The molecule has 0 amide bonds. The van der Waals surface area contributed by atoms with Crippen molar-refractivity contribution >= 4 is 10.9 Å². The highest BCUT2D eigenvalue weighted by atomic mass is 16.3. The number of aromatic nitrogens is 1. The highest BCUT2D eigenvalue weighted by Gasteiger charge is 2.24. The number of nitrogens with zero attached hydrogens (tertiary/aromatic N) is 1. The van der Waals surface area contributed by atoms with Crippen LogP contribution >= 0.6 is 0 Å². The summed E-state index contributed by atoms with van der Waals surface area (Å²) in [5, 5.41) is 10.7. The van der Waals surface area contributed by atoms with Gasteiger partial charge in [0.2, 0.25) is 0 Å². The minimum atomic E-state index is -0.349. The molecule has 3 nitrogen and oxygen atoms in total. The number of hydrogen-bond donors (Lipinski definition) is 2. The molecule has 1 atom stereocenters. The quantitative estimate of drug-likeness (QED) is 0.818. The maximum atomic E-state index is 9.44. The van der Waals surface area contributed by atoms with Crippen molar-refractivity contribution in [2.45, 2.75) is 12.3 Å². The van der Waals surface area contributed by atoms with Crippen molar-refractivity contribution in [1.29, 1.82) is 0 Å². The lowest BCUT2D eigenvalue weighted by atomic mass is 9.83. The zero-order chi connectivity index (χ0) is 11.8. The summed E-state index contributed by atoms with van der Waals surface area (Å²) in [5.41, 5.74) is 7.65. The van der Waals surface area contributed by atoms with Crippen molar-refractivity contribution in [2.24, 2.45) is 12.8 Å². The Morgan fingerprint density at radius 1 is 1.38 bits per heavy atom. The topological polar surface area (TPSA) is 51.2 Å². The minimum Gasteiger partial charge on any atom is -0.395 e. The van der Waals surface area contributed by atoms with Crippen LogP contribution in [0.25, 0.3) is 10.9 Å². The Balaban J connectivity index is 2.57. The number of aryl methyl sites for hydroxylation is 1. The Labute approximate surface area is 95.5 Å². The van der Waals surface area contributed by atoms with Crippen molar-refractivity contribution in [3.05, 3.63) is 36.0 Å². The summed E-state index contributed by atoms with van der Waals surface area (Å²) in [5.74, 6) is 0. The van der Waals surface area contributed by atoms with Crippen LogP contribution in [-0.4, -0.2) is 22.8 Å². The number of nitrogens with two attached hydrogens (primary N) is 1. The molecule has 2 aromatic rings. The van der Waals surface area contributed by atoms with Crippen LogP contribution in [0, 0.1) is 0 Å². The highest BCUT2D eigenvalue weighted by Crippen LogP contribution is 2.26. The van der Waals surface area contributed by atoms with Gasteiger partial charge in [0.15, 0.2) is 0 Å². The van der Waals surface area contributed by atoms with E-state index in [1.807, 2.05) is 26.2 Å². The molecule has 1 unspecified atom stereocenters. The molecule has 1 aromatic carbocycles. The van der Waals surface area contributed by atoms with Crippen molar-refractivity contribution in [1.82, 2.24) is 4.57 Å². The molecular weight excluding hydrogens is 200 g/mol. The van der Waals surface area contributed by atoms with E-state index in [1.54, 1.807) is 0 Å². The second-order valence-electron chi connectivity index (χ2n) is 4.62. The van der Waals surface area contributed by atoms with Gasteiger partial charge in [0.25, 0.3) is 0 Å². The molecule has 3 heteroatoms. The van der Waals surface area contributed by atoms with Gasteiger partial charge in [0.05, 0.1) is 6.61 Å². The highest BCUT2D eigenvalue weighted by molar-refractivity contribution is 5.81. The maximum absolute atomic E-state index is 9.44. The summed E-state index contributed by atoms with van der Waals surface area (Å²) in [4.78, 5) is 0. The third-order valence-electron chi connectivity index (χ3n) is 3.38. The van der Waals surface area contributed by atoms with E-state index in [0.29, 0.717) is 6.54 Å². The van der Waals surface area contributed by atoms with Crippen LogP contribution in [0.2, 0.25) is 0 Å². The molecular formula is C13H18N2O. The fraction of sp³-hybridized carbons (Fsp3) is 0.385. The van der Waals surface area contributed by atoms with Crippen LogP contribution in [0.3, 0.4) is 0 Å². The van der Waals surface area contributed by atoms with Gasteiger partial charge >= 0.3 is 0 Å². The molecule has 1 aromatic heterocycles. The second-order valence-corrected chi connectivity index (χ2v) is 4.62. The largest absolute Gasteiger partial charge is 0.395 e. The lowest BCUT2D eigenvalue weighted by molar-refractivity contribution is 0.210. The Bertz CT molecular complexity index is 498. The summed E-state index contributed by atoms with van der Waals surface area (Å²) < 4.78 is 2.08.